The molecule has 0 saturated carbocycles. The van der Waals surface area contributed by atoms with Gasteiger partial charge < -0.3 is 17.6 Å². The Labute approximate surface area is 222 Å². The Morgan fingerprint density at radius 2 is 1.47 bits per heavy atom. The first-order chi connectivity index (χ1) is 16.1. The zero-order valence-corrected chi connectivity index (χ0v) is 23.6. The third-order valence-corrected chi connectivity index (χ3v) is 8.45. The number of aliphatic hydroxyl groups excluding tert-OH is 1. The molecule has 190 valence electrons. The van der Waals surface area contributed by atoms with Gasteiger partial charge in [-0.05, 0) is 41.8 Å². The van der Waals surface area contributed by atoms with Crippen LogP contribution in [0.2, 0.25) is 0 Å². The van der Waals surface area contributed by atoms with Gasteiger partial charge in [0.05, 0.1) is 17.4 Å². The zero-order chi connectivity index (χ0) is 25.2. The van der Waals surface area contributed by atoms with Crippen molar-refractivity contribution in [3.63, 3.8) is 0 Å². The van der Waals surface area contributed by atoms with Crippen LogP contribution >= 0.6 is 34.6 Å². The lowest BCUT2D eigenvalue weighted by Crippen LogP contribution is -2.29. The average molecular weight is 625 g/mol. The van der Waals surface area contributed by atoms with Crippen molar-refractivity contribution in [2.45, 2.75) is 51.2 Å². The van der Waals surface area contributed by atoms with Crippen LogP contribution in [0, 0.1) is 0 Å². The minimum atomic E-state index is -3.17. The van der Waals surface area contributed by atoms with Gasteiger partial charge in [0.25, 0.3) is 0 Å². The summed E-state index contributed by atoms with van der Waals surface area (Å²) in [5, 5.41) is 9.54. The van der Waals surface area contributed by atoms with Crippen LogP contribution < -0.4 is 9.47 Å². The molecule has 0 fully saturated rings. The fourth-order valence-electron chi connectivity index (χ4n) is 3.36. The molecule has 0 heterocycles. The molecule has 0 aliphatic rings. The van der Waals surface area contributed by atoms with E-state index in [1.165, 1.54) is 0 Å². The molecule has 0 aliphatic carbocycles. The van der Waals surface area contributed by atoms with E-state index in [2.05, 4.69) is 13.8 Å². The first-order valence-electron chi connectivity index (χ1n) is 11.3. The number of rotatable bonds is 15. The van der Waals surface area contributed by atoms with Crippen molar-refractivity contribution in [2.24, 2.45) is 0 Å². The van der Waals surface area contributed by atoms with Gasteiger partial charge in [0.15, 0.2) is 9.84 Å². The molecular formula is C25H34ClIO6S. The maximum atomic E-state index is 12.2. The topological polar surface area (TPSA) is 82.1 Å². The molecule has 0 spiro atoms. The second-order valence-corrected chi connectivity index (χ2v) is 11.8. The molecule has 34 heavy (non-hydrogen) atoms. The van der Waals surface area contributed by atoms with E-state index in [1.807, 2.05) is 55.5 Å². The monoisotopic (exact) mass is 624 g/mol. The first-order valence-corrected chi connectivity index (χ1v) is 14.5. The van der Waals surface area contributed by atoms with Crippen LogP contribution in [-0.2, 0) is 18.3 Å². The molecular weight excluding hydrogens is 591 g/mol. The summed E-state index contributed by atoms with van der Waals surface area (Å²) in [4.78, 5) is 0. The Kier molecular flexibility index (Phi) is 11.9. The van der Waals surface area contributed by atoms with E-state index in [-0.39, 0.29) is 36.0 Å². The highest BCUT2D eigenvalue weighted by Gasteiger charge is 2.24. The zero-order valence-electron chi connectivity index (χ0n) is 19.9. The van der Waals surface area contributed by atoms with Gasteiger partial charge in [-0.2, -0.15) is 0 Å². The molecule has 9 heteroatoms. The summed E-state index contributed by atoms with van der Waals surface area (Å²) < 4.78 is 41.1. The lowest BCUT2D eigenvalue weighted by Gasteiger charge is -2.26. The van der Waals surface area contributed by atoms with Crippen molar-refractivity contribution in [1.82, 2.24) is 0 Å². The standard InChI is InChI=1S/C25H34ClIO6S/c1-4-5-14-34(29,30)18-24(33-27)17-32-23-12-8-20(9-13-23)25(2,3)19-6-10-22(11-7-19)31-16-21(28)15-26/h6-13,21,24,28H,4-5,14-18H2,1-3H3/t21-,24+/m0/s1. The number of hydrogen-bond donors (Lipinski definition) is 1. The summed E-state index contributed by atoms with van der Waals surface area (Å²) in [5.74, 6) is 1.59. The van der Waals surface area contributed by atoms with Crippen LogP contribution in [0.4, 0.5) is 0 Å². The Bertz CT molecular complexity index is 964. The predicted octanol–water partition coefficient (Wildman–Crippen LogP) is 5.32. The molecule has 2 aromatic carbocycles. The van der Waals surface area contributed by atoms with Crippen molar-refractivity contribution < 1.29 is 26.1 Å². The Morgan fingerprint density at radius 3 is 1.91 bits per heavy atom. The van der Waals surface area contributed by atoms with Crippen molar-refractivity contribution in [2.75, 3.05) is 30.6 Å². The molecule has 6 nitrogen and oxygen atoms in total. The number of hydrogen-bond acceptors (Lipinski definition) is 6. The Morgan fingerprint density at radius 1 is 0.971 bits per heavy atom. The van der Waals surface area contributed by atoms with Crippen LogP contribution in [0.3, 0.4) is 0 Å². The first kappa shape index (κ1) is 29.2. The van der Waals surface area contributed by atoms with Crippen LogP contribution in [0.5, 0.6) is 11.5 Å². The van der Waals surface area contributed by atoms with E-state index in [0.29, 0.717) is 17.9 Å². The van der Waals surface area contributed by atoms with E-state index in [9.17, 15) is 13.5 Å². The van der Waals surface area contributed by atoms with Crippen molar-refractivity contribution >= 4 is 44.4 Å². The average Bonchev–Trinajstić information content (AvgIpc) is 2.84. The number of benzene rings is 2. The van der Waals surface area contributed by atoms with Crippen LogP contribution in [0.1, 0.15) is 44.7 Å². The predicted molar refractivity (Wildman–Crippen MR) is 145 cm³/mol. The largest absolute Gasteiger partial charge is 0.491 e. The van der Waals surface area contributed by atoms with Crippen LogP contribution in [-0.4, -0.2) is 56.3 Å². The van der Waals surface area contributed by atoms with Crippen LogP contribution in [0.25, 0.3) is 0 Å². The molecule has 1 N–H and O–H groups in total. The second-order valence-electron chi connectivity index (χ2n) is 8.78. The maximum absolute atomic E-state index is 12.2. The lowest BCUT2D eigenvalue weighted by molar-refractivity contribution is 0.125. The summed E-state index contributed by atoms with van der Waals surface area (Å²) in [6.45, 7) is 6.56. The molecule has 2 rings (SSSR count). The molecule has 0 amide bonds. The van der Waals surface area contributed by atoms with E-state index in [0.717, 1.165) is 17.5 Å². The third kappa shape index (κ3) is 9.18. The minimum Gasteiger partial charge on any atom is -0.491 e. The van der Waals surface area contributed by atoms with E-state index >= 15 is 0 Å². The van der Waals surface area contributed by atoms with Gasteiger partial charge in [0.1, 0.15) is 59.9 Å². The van der Waals surface area contributed by atoms with Crippen molar-refractivity contribution in [3.05, 3.63) is 59.7 Å². The molecule has 0 radical (unpaired) electrons. The van der Waals surface area contributed by atoms with Crippen molar-refractivity contribution in [1.29, 1.82) is 0 Å². The highest BCUT2D eigenvalue weighted by atomic mass is 127. The number of unbranched alkanes of at least 4 members (excludes halogenated alkanes) is 1. The second kappa shape index (κ2) is 13.9. The van der Waals surface area contributed by atoms with Crippen molar-refractivity contribution in [3.8, 4) is 11.5 Å². The molecule has 0 saturated heterocycles. The fraction of sp³-hybridized carbons (Fsp3) is 0.520. The van der Waals surface area contributed by atoms with Gasteiger partial charge in [-0.1, -0.05) is 51.5 Å². The number of ether oxygens (including phenoxy) is 2. The van der Waals surface area contributed by atoms with E-state index in [1.54, 1.807) is 23.0 Å². The number of aliphatic hydroxyl groups is 1. The SMILES string of the molecule is CCCCS(=O)(=O)C[C@@H](COc1ccc(C(C)(C)c2ccc(OC[C@@H](O)CCl)cc2)cc1)OI. The Balaban J connectivity index is 1.98. The quantitative estimate of drug-likeness (QED) is 0.213. The van der Waals surface area contributed by atoms with Gasteiger partial charge in [0.2, 0.25) is 0 Å². The number of alkyl halides is 1. The molecule has 0 aliphatic heterocycles. The Hall–Kier alpha value is -1.07. The van der Waals surface area contributed by atoms with Gasteiger partial charge in [-0.25, -0.2) is 8.42 Å². The molecule has 2 aromatic rings. The number of halogens is 2. The third-order valence-electron chi connectivity index (χ3n) is 5.58. The summed E-state index contributed by atoms with van der Waals surface area (Å²) in [6.07, 6.45) is 0.277. The minimum absolute atomic E-state index is 0.0500. The van der Waals surface area contributed by atoms with Gasteiger partial charge in [-0.15, -0.1) is 11.6 Å². The summed E-state index contributed by atoms with van der Waals surface area (Å²) >= 11 is 7.33. The van der Waals surface area contributed by atoms with Gasteiger partial charge >= 0.3 is 0 Å². The van der Waals surface area contributed by atoms with E-state index in [4.69, 9.17) is 24.1 Å². The molecule has 0 unspecified atom stereocenters. The highest BCUT2D eigenvalue weighted by Crippen LogP contribution is 2.33. The molecule has 2 atom stereocenters. The van der Waals surface area contributed by atoms with E-state index < -0.39 is 22.0 Å². The summed E-state index contributed by atoms with van der Waals surface area (Å²) in [7, 11) is -3.17. The lowest BCUT2D eigenvalue weighted by atomic mass is 9.78. The highest BCUT2D eigenvalue weighted by molar-refractivity contribution is 14.1. The van der Waals surface area contributed by atoms with Gasteiger partial charge in [-0.3, -0.25) is 0 Å². The fourth-order valence-corrected chi connectivity index (χ4v) is 5.64. The maximum Gasteiger partial charge on any atom is 0.153 e. The number of sulfone groups is 1. The normalized spacial score (nSPS) is 13.9. The smallest absolute Gasteiger partial charge is 0.153 e. The molecule has 0 aromatic heterocycles. The summed E-state index contributed by atoms with van der Waals surface area (Å²) in [6, 6.07) is 15.6. The molecule has 0 bridgehead atoms. The van der Waals surface area contributed by atoms with Gasteiger partial charge in [0, 0.05) is 5.41 Å². The summed E-state index contributed by atoms with van der Waals surface area (Å²) in [5.41, 5.74) is 1.96. The van der Waals surface area contributed by atoms with Crippen LogP contribution in [0.15, 0.2) is 48.5 Å².